The van der Waals surface area contributed by atoms with E-state index < -0.39 is 0 Å². The monoisotopic (exact) mass is 288 g/mol. The Morgan fingerprint density at radius 1 is 1.52 bits per heavy atom. The lowest BCUT2D eigenvalue weighted by Crippen LogP contribution is -2.32. The third-order valence-corrected chi connectivity index (χ3v) is 3.97. The first kappa shape index (κ1) is 13.9. The summed E-state index contributed by atoms with van der Waals surface area (Å²) in [5.74, 6) is 0.907. The van der Waals surface area contributed by atoms with Crippen LogP contribution < -0.4 is 0 Å². The van der Waals surface area contributed by atoms with Gasteiger partial charge in [-0.15, -0.1) is 0 Å². The highest BCUT2D eigenvalue weighted by atomic mass is 16.5. The molecule has 1 aliphatic rings. The van der Waals surface area contributed by atoms with Gasteiger partial charge in [0, 0.05) is 32.3 Å². The van der Waals surface area contributed by atoms with E-state index in [-0.39, 0.29) is 11.9 Å². The van der Waals surface area contributed by atoms with Crippen LogP contribution in [0.5, 0.6) is 0 Å². The third-order valence-electron chi connectivity index (χ3n) is 3.97. The molecule has 2 aromatic heterocycles. The Balaban J connectivity index is 1.81. The molecule has 3 rings (SSSR count). The van der Waals surface area contributed by atoms with E-state index in [1.807, 2.05) is 11.0 Å². The molecule has 0 saturated carbocycles. The zero-order valence-corrected chi connectivity index (χ0v) is 12.5. The summed E-state index contributed by atoms with van der Waals surface area (Å²) in [7, 11) is 1.79. The van der Waals surface area contributed by atoms with E-state index in [1.165, 1.54) is 0 Å². The molecule has 0 radical (unpaired) electrons. The first-order valence-electron chi connectivity index (χ1n) is 7.45. The summed E-state index contributed by atoms with van der Waals surface area (Å²) < 4.78 is 6.97. The van der Waals surface area contributed by atoms with E-state index >= 15 is 0 Å². The average molecular weight is 288 g/mol. The molecule has 1 atom stereocenters. The second-order valence-electron chi connectivity index (χ2n) is 5.46. The fourth-order valence-electron chi connectivity index (χ4n) is 2.90. The van der Waals surface area contributed by atoms with Gasteiger partial charge in [0.2, 0.25) is 0 Å². The van der Waals surface area contributed by atoms with Crippen LogP contribution in [0.1, 0.15) is 54.2 Å². The van der Waals surface area contributed by atoms with Gasteiger partial charge < -0.3 is 9.42 Å². The molecule has 0 unspecified atom stereocenters. The lowest BCUT2D eigenvalue weighted by Gasteiger charge is -2.22. The van der Waals surface area contributed by atoms with Crippen LogP contribution in [0.25, 0.3) is 0 Å². The van der Waals surface area contributed by atoms with Crippen LogP contribution in [0.2, 0.25) is 0 Å². The number of likely N-dealkylation sites (tertiary alicyclic amines) is 1. The van der Waals surface area contributed by atoms with Crippen molar-refractivity contribution in [3.63, 3.8) is 0 Å². The maximum Gasteiger partial charge on any atom is 0.272 e. The van der Waals surface area contributed by atoms with E-state index in [2.05, 4.69) is 17.2 Å². The van der Waals surface area contributed by atoms with E-state index in [9.17, 15) is 4.79 Å². The average Bonchev–Trinajstić information content (AvgIpc) is 3.17. The van der Waals surface area contributed by atoms with Crippen molar-refractivity contribution in [3.05, 3.63) is 35.5 Å². The molecule has 6 nitrogen and oxygen atoms in total. The second kappa shape index (κ2) is 5.71. The topological polar surface area (TPSA) is 64.2 Å². The number of aryl methyl sites for hydroxylation is 2. The number of hydrogen-bond acceptors (Lipinski definition) is 4. The molecule has 1 aliphatic heterocycles. The molecule has 21 heavy (non-hydrogen) atoms. The highest BCUT2D eigenvalue weighted by Crippen LogP contribution is 2.32. The molecule has 3 heterocycles. The van der Waals surface area contributed by atoms with Gasteiger partial charge in [0.25, 0.3) is 5.91 Å². The Labute approximate surface area is 123 Å². The molecular formula is C15H20N4O2. The largest absolute Gasteiger partial charge is 0.361 e. The Morgan fingerprint density at radius 2 is 2.38 bits per heavy atom. The summed E-state index contributed by atoms with van der Waals surface area (Å²) in [5, 5.41) is 8.23. The summed E-state index contributed by atoms with van der Waals surface area (Å²) in [4.78, 5) is 14.5. The standard InChI is InChI=1S/C15H20N4O2/c1-3-5-11-10-12(17-21-11)13-6-4-9-19(13)15(20)14-7-8-16-18(14)2/h7-8,10,13H,3-6,9H2,1-2H3/t13-/m1/s1. The zero-order chi connectivity index (χ0) is 14.8. The lowest BCUT2D eigenvalue weighted by molar-refractivity contribution is 0.0719. The molecule has 0 bridgehead atoms. The van der Waals surface area contributed by atoms with Crippen molar-refractivity contribution in [2.45, 2.75) is 38.6 Å². The number of rotatable bonds is 4. The number of carbonyl (C=O) groups is 1. The first-order valence-corrected chi connectivity index (χ1v) is 7.45. The Morgan fingerprint density at radius 3 is 3.10 bits per heavy atom. The van der Waals surface area contributed by atoms with Gasteiger partial charge in [-0.25, -0.2) is 0 Å². The number of nitrogens with zero attached hydrogens (tertiary/aromatic N) is 4. The van der Waals surface area contributed by atoms with E-state index in [4.69, 9.17) is 4.52 Å². The third kappa shape index (κ3) is 2.57. The smallest absolute Gasteiger partial charge is 0.272 e. The first-order chi connectivity index (χ1) is 10.2. The minimum Gasteiger partial charge on any atom is -0.361 e. The molecule has 0 aliphatic carbocycles. The summed E-state index contributed by atoms with van der Waals surface area (Å²) in [6.45, 7) is 2.86. The molecule has 1 fully saturated rings. The van der Waals surface area contributed by atoms with Crippen LogP contribution in [-0.4, -0.2) is 32.3 Å². The van der Waals surface area contributed by atoms with Crippen molar-refractivity contribution in [2.75, 3.05) is 6.54 Å². The van der Waals surface area contributed by atoms with E-state index in [1.54, 1.807) is 24.0 Å². The fourth-order valence-corrected chi connectivity index (χ4v) is 2.90. The predicted molar refractivity (Wildman–Crippen MR) is 76.7 cm³/mol. The van der Waals surface area contributed by atoms with E-state index in [0.717, 1.165) is 43.7 Å². The molecule has 1 saturated heterocycles. The molecule has 0 aromatic carbocycles. The van der Waals surface area contributed by atoms with Crippen LogP contribution in [0, 0.1) is 0 Å². The summed E-state index contributed by atoms with van der Waals surface area (Å²) >= 11 is 0. The van der Waals surface area contributed by atoms with Crippen molar-refractivity contribution in [1.82, 2.24) is 19.8 Å². The van der Waals surface area contributed by atoms with Gasteiger partial charge >= 0.3 is 0 Å². The summed E-state index contributed by atoms with van der Waals surface area (Å²) in [6.07, 6.45) is 5.48. The van der Waals surface area contributed by atoms with Gasteiger partial charge in [-0.2, -0.15) is 5.10 Å². The molecule has 0 N–H and O–H groups in total. The quantitative estimate of drug-likeness (QED) is 0.866. The minimum absolute atomic E-state index is 0.0116. The van der Waals surface area contributed by atoms with Gasteiger partial charge in [-0.05, 0) is 25.3 Å². The maximum atomic E-state index is 12.7. The Hall–Kier alpha value is -2.11. The van der Waals surface area contributed by atoms with Crippen molar-refractivity contribution in [2.24, 2.45) is 7.05 Å². The molecule has 1 amide bonds. The van der Waals surface area contributed by atoms with Gasteiger partial charge in [-0.3, -0.25) is 9.48 Å². The van der Waals surface area contributed by atoms with E-state index in [0.29, 0.717) is 5.69 Å². The molecule has 0 spiro atoms. The molecular weight excluding hydrogens is 268 g/mol. The highest BCUT2D eigenvalue weighted by molar-refractivity contribution is 5.93. The van der Waals surface area contributed by atoms with Crippen LogP contribution in [0.3, 0.4) is 0 Å². The van der Waals surface area contributed by atoms with Crippen molar-refractivity contribution >= 4 is 5.91 Å². The van der Waals surface area contributed by atoms with Gasteiger partial charge in [0.05, 0.1) is 6.04 Å². The van der Waals surface area contributed by atoms with Crippen LogP contribution in [0.15, 0.2) is 22.9 Å². The van der Waals surface area contributed by atoms with Crippen LogP contribution >= 0.6 is 0 Å². The van der Waals surface area contributed by atoms with Crippen LogP contribution in [-0.2, 0) is 13.5 Å². The van der Waals surface area contributed by atoms with Crippen LogP contribution in [0.4, 0.5) is 0 Å². The zero-order valence-electron chi connectivity index (χ0n) is 12.5. The summed E-state index contributed by atoms with van der Waals surface area (Å²) in [6, 6.07) is 3.76. The van der Waals surface area contributed by atoms with Crippen molar-refractivity contribution < 1.29 is 9.32 Å². The summed E-state index contributed by atoms with van der Waals surface area (Å²) in [5.41, 5.74) is 1.48. The van der Waals surface area contributed by atoms with Gasteiger partial charge in [-0.1, -0.05) is 12.1 Å². The van der Waals surface area contributed by atoms with Crippen molar-refractivity contribution in [3.8, 4) is 0 Å². The molecule has 6 heteroatoms. The number of carbonyl (C=O) groups excluding carboxylic acids is 1. The Kier molecular flexibility index (Phi) is 3.77. The van der Waals surface area contributed by atoms with Gasteiger partial charge in [0.15, 0.2) is 0 Å². The predicted octanol–water partition coefficient (Wildman–Crippen LogP) is 2.34. The Bertz CT molecular complexity index is 631. The normalized spacial score (nSPS) is 18.4. The fraction of sp³-hybridized carbons (Fsp3) is 0.533. The molecule has 2 aromatic rings. The van der Waals surface area contributed by atoms with Crippen molar-refractivity contribution in [1.29, 1.82) is 0 Å². The highest BCUT2D eigenvalue weighted by Gasteiger charge is 2.33. The number of hydrogen-bond donors (Lipinski definition) is 0. The lowest BCUT2D eigenvalue weighted by atomic mass is 10.1. The second-order valence-corrected chi connectivity index (χ2v) is 5.46. The SMILES string of the molecule is CCCc1cc([C@H]2CCCN2C(=O)c2ccnn2C)no1. The maximum absolute atomic E-state index is 12.7. The number of aromatic nitrogens is 3. The molecule has 112 valence electrons. The van der Waals surface area contributed by atoms with Gasteiger partial charge in [0.1, 0.15) is 17.1 Å². The number of amides is 1. The minimum atomic E-state index is 0.0116.